The summed E-state index contributed by atoms with van der Waals surface area (Å²) >= 11 is 6.26. The first kappa shape index (κ1) is 22.9. The van der Waals surface area contributed by atoms with Crippen molar-refractivity contribution in [3.8, 4) is 5.75 Å². The number of ether oxygens (including phenoxy) is 1. The van der Waals surface area contributed by atoms with E-state index in [2.05, 4.69) is 66.2 Å². The molecule has 2 aromatic carbocycles. The predicted molar refractivity (Wildman–Crippen MR) is 134 cm³/mol. The second kappa shape index (κ2) is 9.08. The maximum atomic E-state index is 11.1. The van der Waals surface area contributed by atoms with Crippen molar-refractivity contribution in [1.82, 2.24) is 15.1 Å². The summed E-state index contributed by atoms with van der Waals surface area (Å²) in [7, 11) is 0. The van der Waals surface area contributed by atoms with E-state index < -0.39 is 5.97 Å². The number of carbonyl (C=O) groups is 1. The van der Waals surface area contributed by atoms with Crippen LogP contribution in [0, 0.1) is 11.8 Å². The summed E-state index contributed by atoms with van der Waals surface area (Å²) in [6, 6.07) is 12.7. The minimum Gasteiger partial charge on any atom is -0.485 e. The van der Waals surface area contributed by atoms with Crippen LogP contribution in [0.15, 0.2) is 42.0 Å². The molecule has 5 rings (SSSR count). The number of carboxylic acids is 1. The van der Waals surface area contributed by atoms with Gasteiger partial charge in [-0.15, -0.1) is 0 Å². The Morgan fingerprint density at radius 3 is 2.71 bits per heavy atom. The van der Waals surface area contributed by atoms with E-state index in [9.17, 15) is 4.79 Å². The third kappa shape index (κ3) is 4.32. The first-order valence-corrected chi connectivity index (χ1v) is 12.3. The van der Waals surface area contributed by atoms with Crippen molar-refractivity contribution in [3.05, 3.63) is 63.8 Å². The van der Waals surface area contributed by atoms with Gasteiger partial charge in [0.2, 0.25) is 0 Å². The van der Waals surface area contributed by atoms with Crippen molar-refractivity contribution in [2.75, 3.05) is 13.1 Å². The molecule has 2 aliphatic rings. The molecule has 1 fully saturated rings. The Kier molecular flexibility index (Phi) is 6.13. The zero-order valence-electron chi connectivity index (χ0n) is 19.7. The lowest BCUT2D eigenvalue weighted by atomic mass is 9.86. The smallest absolute Gasteiger partial charge is 0.309 e. The lowest BCUT2D eigenvalue weighted by Crippen LogP contribution is -2.54. The number of halogens is 1. The van der Waals surface area contributed by atoms with Gasteiger partial charge in [0, 0.05) is 24.5 Å². The van der Waals surface area contributed by atoms with Gasteiger partial charge < -0.3 is 9.84 Å². The molecule has 0 saturated carbocycles. The number of hydrogen-bond donors (Lipinski definition) is 2. The number of likely N-dealkylation sites (tertiary alicyclic amines) is 1. The van der Waals surface area contributed by atoms with Crippen molar-refractivity contribution >= 4 is 34.5 Å². The van der Waals surface area contributed by atoms with Crippen LogP contribution in [0.1, 0.15) is 50.0 Å². The number of carboxylic acid groups (broad SMARTS) is 1. The zero-order valence-corrected chi connectivity index (χ0v) is 20.5. The van der Waals surface area contributed by atoms with Gasteiger partial charge in [0.1, 0.15) is 17.0 Å². The Hall–Kier alpha value is -2.83. The van der Waals surface area contributed by atoms with Gasteiger partial charge in [0.25, 0.3) is 0 Å². The third-order valence-corrected chi connectivity index (χ3v) is 7.50. The maximum absolute atomic E-state index is 11.1. The van der Waals surface area contributed by atoms with Gasteiger partial charge in [0.05, 0.1) is 11.4 Å². The Labute approximate surface area is 204 Å². The Morgan fingerprint density at radius 1 is 1.18 bits per heavy atom. The number of fused-ring (bicyclic) bond motifs is 2. The number of aromatic amines is 1. The summed E-state index contributed by atoms with van der Waals surface area (Å²) in [5.41, 5.74) is 5.81. The summed E-state index contributed by atoms with van der Waals surface area (Å²) in [5, 5.41) is 17.6. The summed E-state index contributed by atoms with van der Waals surface area (Å²) in [5.74, 6) is 0.231. The first-order valence-electron chi connectivity index (χ1n) is 11.9. The quantitative estimate of drug-likeness (QED) is 0.452. The average molecular weight is 480 g/mol. The lowest BCUT2D eigenvalue weighted by Gasteiger charge is -2.42. The molecule has 1 aromatic heterocycles. The summed E-state index contributed by atoms with van der Waals surface area (Å²) < 4.78 is 6.51. The Bertz CT molecular complexity index is 1260. The molecular weight excluding hydrogens is 450 g/mol. The molecule has 0 radical (unpaired) electrons. The van der Waals surface area contributed by atoms with E-state index in [0.29, 0.717) is 18.2 Å². The van der Waals surface area contributed by atoms with Gasteiger partial charge in [0.15, 0.2) is 0 Å². The number of H-pyrrole nitrogens is 1. The van der Waals surface area contributed by atoms with Crippen molar-refractivity contribution < 1.29 is 14.6 Å². The van der Waals surface area contributed by atoms with Crippen molar-refractivity contribution in [2.24, 2.45) is 11.8 Å². The van der Waals surface area contributed by atoms with Crippen molar-refractivity contribution in [1.29, 1.82) is 0 Å². The largest absolute Gasteiger partial charge is 0.485 e. The van der Waals surface area contributed by atoms with Crippen LogP contribution < -0.4 is 4.74 Å². The molecule has 0 amide bonds. The van der Waals surface area contributed by atoms with E-state index >= 15 is 0 Å². The summed E-state index contributed by atoms with van der Waals surface area (Å²) in [6.07, 6.45) is 4.12. The van der Waals surface area contributed by atoms with Crippen LogP contribution >= 0.6 is 11.6 Å². The molecule has 0 spiro atoms. The van der Waals surface area contributed by atoms with Crippen LogP contribution in [0.4, 0.5) is 0 Å². The van der Waals surface area contributed by atoms with E-state index in [4.69, 9.17) is 21.4 Å². The molecule has 0 bridgehead atoms. The Balaban J connectivity index is 1.33. The normalized spacial score (nSPS) is 18.3. The molecule has 3 aromatic rings. The number of benzene rings is 2. The molecule has 178 valence electrons. The SMILES string of the molecule is CC(C)C(Oc1ccc2c(c1)CCC(C(C)N1CC(C(=O)O)C1)=C2)c1ccc2n[nH]c(Cl)c2c1. The lowest BCUT2D eigenvalue weighted by molar-refractivity contribution is -0.148. The predicted octanol–water partition coefficient (Wildman–Crippen LogP) is 5.73. The minimum atomic E-state index is -0.688. The molecule has 2 atom stereocenters. The highest BCUT2D eigenvalue weighted by atomic mass is 35.5. The van der Waals surface area contributed by atoms with E-state index in [1.54, 1.807) is 0 Å². The average Bonchev–Trinajstić information content (AvgIpc) is 3.15. The maximum Gasteiger partial charge on any atom is 0.309 e. The Morgan fingerprint density at radius 2 is 1.97 bits per heavy atom. The molecule has 7 heteroatoms. The van der Waals surface area contributed by atoms with Gasteiger partial charge >= 0.3 is 5.97 Å². The van der Waals surface area contributed by atoms with E-state index in [1.165, 1.54) is 16.7 Å². The fourth-order valence-electron chi connectivity index (χ4n) is 5.02. The number of nitrogens with zero attached hydrogens (tertiary/aromatic N) is 2. The summed E-state index contributed by atoms with van der Waals surface area (Å²) in [4.78, 5) is 13.4. The number of aromatic nitrogens is 2. The second-order valence-electron chi connectivity index (χ2n) is 9.84. The molecule has 6 nitrogen and oxygen atoms in total. The molecule has 1 saturated heterocycles. The highest BCUT2D eigenvalue weighted by molar-refractivity contribution is 6.34. The second-order valence-corrected chi connectivity index (χ2v) is 10.2. The molecule has 2 unspecified atom stereocenters. The van der Waals surface area contributed by atoms with Gasteiger partial charge in [-0.1, -0.05) is 49.2 Å². The van der Waals surface area contributed by atoms with Gasteiger partial charge in [-0.3, -0.25) is 14.8 Å². The molecular formula is C27H30ClN3O3. The highest BCUT2D eigenvalue weighted by Crippen LogP contribution is 2.35. The van der Waals surface area contributed by atoms with E-state index in [0.717, 1.165) is 35.1 Å². The third-order valence-electron chi connectivity index (χ3n) is 7.21. The molecule has 34 heavy (non-hydrogen) atoms. The summed E-state index contributed by atoms with van der Waals surface area (Å²) in [6.45, 7) is 7.78. The zero-order chi connectivity index (χ0) is 24.0. The van der Waals surface area contributed by atoms with E-state index in [1.807, 2.05) is 12.1 Å². The standard InChI is InChI=1S/C27H30ClN3O3/c1-15(2)25(20-7-9-24-23(12-20)26(28)30-29-24)34-22-8-6-18-10-17(4-5-19(18)11-22)16(3)31-13-21(14-31)27(32)33/h6-12,15-16,21,25H,4-5,13-14H2,1-3H3,(H,29,30)(H,32,33). The fraction of sp³-hybridized carbons (Fsp3) is 0.407. The van der Waals surface area contributed by atoms with Crippen LogP contribution in [0.25, 0.3) is 17.0 Å². The van der Waals surface area contributed by atoms with Crippen molar-refractivity contribution in [2.45, 2.75) is 45.8 Å². The first-order chi connectivity index (χ1) is 16.3. The molecule has 2 N–H and O–H groups in total. The number of aryl methyl sites for hydroxylation is 1. The molecule has 1 aliphatic carbocycles. The van der Waals surface area contributed by atoms with Crippen molar-refractivity contribution in [3.63, 3.8) is 0 Å². The number of nitrogens with one attached hydrogen (secondary N) is 1. The van der Waals surface area contributed by atoms with Crippen LogP contribution in [0.5, 0.6) is 5.75 Å². The van der Waals surface area contributed by atoms with Crippen LogP contribution in [-0.2, 0) is 11.2 Å². The van der Waals surface area contributed by atoms with Gasteiger partial charge in [-0.25, -0.2) is 0 Å². The monoisotopic (exact) mass is 479 g/mol. The van der Waals surface area contributed by atoms with Crippen LogP contribution in [-0.4, -0.2) is 45.3 Å². The number of rotatable bonds is 7. The number of hydrogen-bond acceptors (Lipinski definition) is 4. The van der Waals surface area contributed by atoms with E-state index in [-0.39, 0.29) is 24.0 Å². The van der Waals surface area contributed by atoms with Gasteiger partial charge in [-0.2, -0.15) is 5.10 Å². The molecule has 1 aliphatic heterocycles. The van der Waals surface area contributed by atoms with Crippen LogP contribution in [0.3, 0.4) is 0 Å². The van der Waals surface area contributed by atoms with Crippen LogP contribution in [0.2, 0.25) is 5.15 Å². The molecule has 2 heterocycles. The van der Waals surface area contributed by atoms with Gasteiger partial charge in [-0.05, 0) is 66.6 Å². The topological polar surface area (TPSA) is 78.4 Å². The fourth-order valence-corrected chi connectivity index (χ4v) is 5.22. The highest BCUT2D eigenvalue weighted by Gasteiger charge is 2.36. The number of aliphatic carboxylic acids is 1. The minimum absolute atomic E-state index is 0.100.